The topological polar surface area (TPSA) is 157 Å². The van der Waals surface area contributed by atoms with Gasteiger partial charge >= 0.3 is 0 Å². The van der Waals surface area contributed by atoms with Crippen LogP contribution in [0.5, 0.6) is 0 Å². The lowest BCUT2D eigenvalue weighted by Gasteiger charge is -2.26. The summed E-state index contributed by atoms with van der Waals surface area (Å²) in [5.41, 5.74) is 5.08. The Morgan fingerprint density at radius 2 is 2.30 bits per heavy atom. The first-order chi connectivity index (χ1) is 9.43. The van der Waals surface area contributed by atoms with E-state index in [4.69, 9.17) is 32.7 Å². The molecule has 0 radical (unpaired) electrons. The molecule has 4 atom stereocenters. The van der Waals surface area contributed by atoms with Gasteiger partial charge in [0.1, 0.15) is 17.5 Å². The van der Waals surface area contributed by atoms with Crippen LogP contribution in [0.2, 0.25) is 0 Å². The van der Waals surface area contributed by atoms with Gasteiger partial charge in [0.2, 0.25) is 5.96 Å². The van der Waals surface area contributed by atoms with Crippen molar-refractivity contribution >= 4 is 29.6 Å². The SMILES string of the molecule is N=CC(N)=NC(=N[C@@H]1O[C@@](CO)(CCl)[C@@H](O)[C@H]1F)NO. The summed E-state index contributed by atoms with van der Waals surface area (Å²) >= 11 is 5.56. The zero-order valence-corrected chi connectivity index (χ0v) is 11.0. The van der Waals surface area contributed by atoms with Gasteiger partial charge in [0, 0.05) is 0 Å². The molecule has 7 N–H and O–H groups in total. The van der Waals surface area contributed by atoms with Gasteiger partial charge in [0.15, 0.2) is 12.4 Å². The molecule has 1 saturated heterocycles. The fourth-order valence-corrected chi connectivity index (χ4v) is 1.87. The van der Waals surface area contributed by atoms with E-state index in [1.807, 2.05) is 0 Å². The molecule has 1 aliphatic rings. The van der Waals surface area contributed by atoms with E-state index in [0.717, 1.165) is 0 Å². The van der Waals surface area contributed by atoms with Crippen LogP contribution in [0.3, 0.4) is 0 Å². The van der Waals surface area contributed by atoms with Crippen LogP contribution in [0.4, 0.5) is 4.39 Å². The Balaban J connectivity index is 3.00. The number of rotatable bonds is 4. The van der Waals surface area contributed by atoms with E-state index in [-0.39, 0.29) is 11.7 Å². The molecule has 1 rings (SSSR count). The summed E-state index contributed by atoms with van der Waals surface area (Å²) in [5, 5.41) is 34.5. The predicted molar refractivity (Wildman–Crippen MR) is 69.1 cm³/mol. The van der Waals surface area contributed by atoms with Crippen molar-refractivity contribution in [1.29, 1.82) is 5.41 Å². The first kappa shape index (κ1) is 16.7. The zero-order valence-electron chi connectivity index (χ0n) is 10.2. The number of hydrogen-bond donors (Lipinski definition) is 6. The summed E-state index contributed by atoms with van der Waals surface area (Å²) in [5.74, 6) is -1.18. The number of amidine groups is 1. The van der Waals surface area contributed by atoms with E-state index >= 15 is 0 Å². The van der Waals surface area contributed by atoms with Crippen molar-refractivity contribution < 1.29 is 24.5 Å². The van der Waals surface area contributed by atoms with E-state index in [1.54, 1.807) is 5.48 Å². The van der Waals surface area contributed by atoms with Gasteiger partial charge in [-0.2, -0.15) is 4.99 Å². The Morgan fingerprint density at radius 1 is 1.65 bits per heavy atom. The van der Waals surface area contributed by atoms with Crippen LogP contribution in [-0.4, -0.2) is 70.0 Å². The van der Waals surface area contributed by atoms with Gasteiger partial charge in [-0.3, -0.25) is 5.21 Å². The highest BCUT2D eigenvalue weighted by Crippen LogP contribution is 2.34. The fourth-order valence-electron chi connectivity index (χ4n) is 1.56. The second kappa shape index (κ2) is 6.90. The first-order valence-corrected chi connectivity index (χ1v) is 5.97. The Labute approximate surface area is 118 Å². The minimum atomic E-state index is -1.99. The zero-order chi connectivity index (χ0) is 15.3. The van der Waals surface area contributed by atoms with E-state index in [9.17, 15) is 14.6 Å². The van der Waals surface area contributed by atoms with Crippen LogP contribution in [0.1, 0.15) is 0 Å². The molecule has 1 heterocycles. The molecule has 114 valence electrons. The van der Waals surface area contributed by atoms with Crippen molar-refractivity contribution in [2.45, 2.75) is 24.1 Å². The van der Waals surface area contributed by atoms with Gasteiger partial charge in [0.05, 0.1) is 18.7 Å². The van der Waals surface area contributed by atoms with Gasteiger partial charge in [-0.15, -0.1) is 11.6 Å². The summed E-state index contributed by atoms with van der Waals surface area (Å²) in [6, 6.07) is 0. The van der Waals surface area contributed by atoms with Gasteiger partial charge in [0.25, 0.3) is 0 Å². The summed E-state index contributed by atoms with van der Waals surface area (Å²) in [6.07, 6.45) is -4.54. The molecule has 0 aliphatic carbocycles. The molecule has 1 aliphatic heterocycles. The number of alkyl halides is 2. The maximum absolute atomic E-state index is 13.9. The molecule has 0 aromatic carbocycles. The van der Waals surface area contributed by atoms with E-state index in [2.05, 4.69) is 9.98 Å². The number of aliphatic hydroxyl groups is 2. The van der Waals surface area contributed by atoms with Crippen LogP contribution in [0.15, 0.2) is 9.98 Å². The lowest BCUT2D eigenvalue weighted by molar-refractivity contribution is -0.0941. The van der Waals surface area contributed by atoms with Crippen LogP contribution in [0, 0.1) is 5.41 Å². The van der Waals surface area contributed by atoms with E-state index < -0.39 is 36.7 Å². The highest BCUT2D eigenvalue weighted by molar-refractivity contribution is 6.29. The van der Waals surface area contributed by atoms with Crippen LogP contribution < -0.4 is 11.2 Å². The number of hydrogen-bond acceptors (Lipinski definition) is 6. The Kier molecular flexibility index (Phi) is 5.77. The third-order valence-corrected chi connectivity index (χ3v) is 3.15. The number of hydroxylamine groups is 1. The Bertz CT molecular complexity index is 417. The standard InChI is InChI=1S/C9H15ClFN5O4/c10-2-9(3-17)6(18)5(11)7(20-9)15-8(16-19)14-4(13)1-12/h1,5-7,12,17-19H,2-3H2,(H3,13,14,15,16)/t5-,6+,7-,9-/m1/s1. The molecule has 0 unspecified atom stereocenters. The molecule has 0 amide bonds. The van der Waals surface area contributed by atoms with E-state index in [1.165, 1.54) is 0 Å². The molecule has 0 spiro atoms. The van der Waals surface area contributed by atoms with Gasteiger partial charge in [-0.05, 0) is 0 Å². The van der Waals surface area contributed by atoms with Crippen molar-refractivity contribution in [2.24, 2.45) is 15.7 Å². The minimum absolute atomic E-state index is 0.301. The van der Waals surface area contributed by atoms with Crippen LogP contribution >= 0.6 is 11.6 Å². The van der Waals surface area contributed by atoms with Crippen LogP contribution in [-0.2, 0) is 4.74 Å². The third kappa shape index (κ3) is 3.22. The average Bonchev–Trinajstić information content (AvgIpc) is 2.71. The molecule has 0 aromatic heterocycles. The maximum atomic E-state index is 13.9. The number of nitrogens with zero attached hydrogens (tertiary/aromatic N) is 2. The van der Waals surface area contributed by atoms with Crippen LogP contribution in [0.25, 0.3) is 0 Å². The molecule has 20 heavy (non-hydrogen) atoms. The normalized spacial score (nSPS) is 35.1. The molecular formula is C9H15ClFN5O4. The molecule has 11 heteroatoms. The molecule has 0 aromatic rings. The fraction of sp³-hybridized carbons (Fsp3) is 0.667. The Hall–Kier alpha value is -1.33. The molecule has 9 nitrogen and oxygen atoms in total. The second-order valence-corrected chi connectivity index (χ2v) is 4.27. The molecule has 0 saturated carbocycles. The predicted octanol–water partition coefficient (Wildman–Crippen LogP) is -1.65. The summed E-state index contributed by atoms with van der Waals surface area (Å²) in [4.78, 5) is 7.01. The largest absolute Gasteiger partial charge is 0.393 e. The number of nitrogens with two attached hydrogens (primary N) is 1. The molecular weight excluding hydrogens is 297 g/mol. The molecule has 0 bridgehead atoms. The van der Waals surface area contributed by atoms with Gasteiger partial charge < -0.3 is 26.1 Å². The number of nitrogens with one attached hydrogen (secondary N) is 2. The monoisotopic (exact) mass is 311 g/mol. The average molecular weight is 312 g/mol. The highest BCUT2D eigenvalue weighted by atomic mass is 35.5. The lowest BCUT2D eigenvalue weighted by atomic mass is 9.99. The smallest absolute Gasteiger partial charge is 0.246 e. The number of aliphatic imine (C=N–C) groups is 2. The maximum Gasteiger partial charge on any atom is 0.246 e. The summed E-state index contributed by atoms with van der Waals surface area (Å²) < 4.78 is 19.0. The van der Waals surface area contributed by atoms with Crippen molar-refractivity contribution in [3.05, 3.63) is 0 Å². The van der Waals surface area contributed by atoms with Crippen molar-refractivity contribution in [3.8, 4) is 0 Å². The number of aliphatic hydroxyl groups excluding tert-OH is 2. The number of halogens is 2. The van der Waals surface area contributed by atoms with Crippen molar-refractivity contribution in [1.82, 2.24) is 5.48 Å². The van der Waals surface area contributed by atoms with Gasteiger partial charge in [-0.25, -0.2) is 14.9 Å². The Morgan fingerprint density at radius 3 is 2.70 bits per heavy atom. The highest BCUT2D eigenvalue weighted by Gasteiger charge is 2.55. The van der Waals surface area contributed by atoms with Gasteiger partial charge in [-0.1, -0.05) is 0 Å². The number of guanidine groups is 1. The minimum Gasteiger partial charge on any atom is -0.393 e. The lowest BCUT2D eigenvalue weighted by Crippen LogP contribution is -2.47. The third-order valence-electron chi connectivity index (χ3n) is 2.69. The van der Waals surface area contributed by atoms with E-state index in [0.29, 0.717) is 6.21 Å². The number of ether oxygens (including phenoxy) is 1. The second-order valence-electron chi connectivity index (χ2n) is 4.00. The molecule has 1 fully saturated rings. The summed E-state index contributed by atoms with van der Waals surface area (Å²) in [6.45, 7) is -0.710. The van der Waals surface area contributed by atoms with Crippen molar-refractivity contribution in [2.75, 3.05) is 12.5 Å². The quantitative estimate of drug-likeness (QED) is 0.158. The van der Waals surface area contributed by atoms with Crippen molar-refractivity contribution in [3.63, 3.8) is 0 Å². The first-order valence-electron chi connectivity index (χ1n) is 5.43. The summed E-state index contributed by atoms with van der Waals surface area (Å²) in [7, 11) is 0.